The number of nitrogens with two attached hydrogens (primary N) is 1. The van der Waals surface area contributed by atoms with E-state index in [0.717, 1.165) is 32.6 Å². The van der Waals surface area contributed by atoms with Crippen LogP contribution in [0, 0.1) is 0 Å². The Labute approximate surface area is 175 Å². The van der Waals surface area contributed by atoms with Gasteiger partial charge in [-0.15, -0.1) is 49.6 Å². The van der Waals surface area contributed by atoms with Gasteiger partial charge in [0.1, 0.15) is 0 Å². The molecule has 4 N–H and O–H groups in total. The van der Waals surface area contributed by atoms with Crippen LogP contribution >= 0.6 is 49.6 Å². The molecule has 0 aromatic heterocycles. The van der Waals surface area contributed by atoms with Crippen molar-refractivity contribution < 1.29 is 0 Å². The Hall–Kier alpha value is 1.00. The molecular formula is C16H42Cl4N4. The molecule has 24 heavy (non-hydrogen) atoms. The zero-order valence-corrected chi connectivity index (χ0v) is 19.0. The van der Waals surface area contributed by atoms with E-state index in [1.807, 2.05) is 14.1 Å². The van der Waals surface area contributed by atoms with Crippen molar-refractivity contribution in [3.63, 3.8) is 0 Å². The third-order valence-electron chi connectivity index (χ3n) is 3.82. The standard InChI is InChI=1S/C16H38N4.4ClH/c1-4-5-6-7-8-11-16(17)20(14-9-12-18-2)15-10-13-19-3;;;;/h16,18-19H,4-15,17H2,1-3H3;4*1H. The van der Waals surface area contributed by atoms with Gasteiger partial charge in [-0.25, -0.2) is 0 Å². The van der Waals surface area contributed by atoms with Crippen LogP contribution in [0.3, 0.4) is 0 Å². The predicted molar refractivity (Wildman–Crippen MR) is 119 cm³/mol. The van der Waals surface area contributed by atoms with Gasteiger partial charge in [0, 0.05) is 13.1 Å². The summed E-state index contributed by atoms with van der Waals surface area (Å²) in [4.78, 5) is 2.47. The molecule has 0 aliphatic carbocycles. The van der Waals surface area contributed by atoms with E-state index in [1.165, 1.54) is 44.9 Å². The molecule has 1 atom stereocenters. The molecule has 154 valence electrons. The van der Waals surface area contributed by atoms with Crippen molar-refractivity contribution in [2.75, 3.05) is 40.3 Å². The van der Waals surface area contributed by atoms with Crippen LogP contribution in [0.4, 0.5) is 0 Å². The SMILES string of the molecule is CCCCCCCC(N)N(CCCNC)CCCNC.Cl.Cl.Cl.Cl. The van der Waals surface area contributed by atoms with Gasteiger partial charge in [-0.1, -0.05) is 39.0 Å². The molecule has 0 aliphatic heterocycles. The molecule has 0 amide bonds. The van der Waals surface area contributed by atoms with Gasteiger partial charge in [-0.3, -0.25) is 4.90 Å². The molecule has 0 fully saturated rings. The predicted octanol–water partition coefficient (Wildman–Crippen LogP) is 3.84. The van der Waals surface area contributed by atoms with Crippen LogP contribution in [0.1, 0.15) is 58.3 Å². The lowest BCUT2D eigenvalue weighted by Gasteiger charge is -2.29. The van der Waals surface area contributed by atoms with Gasteiger partial charge in [-0.05, 0) is 46.4 Å². The zero-order valence-electron chi connectivity index (χ0n) is 15.7. The molecular weight excluding hydrogens is 390 g/mol. The number of rotatable bonds is 15. The highest BCUT2D eigenvalue weighted by atomic mass is 35.5. The maximum absolute atomic E-state index is 6.38. The first-order chi connectivity index (χ1) is 9.76. The minimum atomic E-state index is 0. The lowest BCUT2D eigenvalue weighted by Crippen LogP contribution is -2.44. The molecule has 1 unspecified atom stereocenters. The lowest BCUT2D eigenvalue weighted by molar-refractivity contribution is 0.182. The molecule has 0 aliphatic rings. The van der Waals surface area contributed by atoms with E-state index in [0.29, 0.717) is 0 Å². The third kappa shape index (κ3) is 23.0. The van der Waals surface area contributed by atoms with Crippen molar-refractivity contribution in [2.45, 2.75) is 64.5 Å². The summed E-state index contributed by atoms with van der Waals surface area (Å²) < 4.78 is 0. The van der Waals surface area contributed by atoms with E-state index in [4.69, 9.17) is 5.73 Å². The van der Waals surface area contributed by atoms with Gasteiger partial charge >= 0.3 is 0 Å². The molecule has 0 saturated carbocycles. The summed E-state index contributed by atoms with van der Waals surface area (Å²) in [7, 11) is 4.03. The van der Waals surface area contributed by atoms with E-state index < -0.39 is 0 Å². The van der Waals surface area contributed by atoms with Crippen molar-refractivity contribution >= 4 is 49.6 Å². The van der Waals surface area contributed by atoms with Gasteiger partial charge in [0.25, 0.3) is 0 Å². The Balaban J connectivity index is -0.000000301. The van der Waals surface area contributed by atoms with Crippen LogP contribution in [-0.4, -0.2) is 51.3 Å². The largest absolute Gasteiger partial charge is 0.320 e. The van der Waals surface area contributed by atoms with Crippen molar-refractivity contribution in [1.29, 1.82) is 0 Å². The maximum atomic E-state index is 6.38. The summed E-state index contributed by atoms with van der Waals surface area (Å²) in [6.07, 6.45) is 10.4. The number of halogens is 4. The van der Waals surface area contributed by atoms with Crippen LogP contribution in [-0.2, 0) is 0 Å². The normalized spacial score (nSPS) is 10.9. The molecule has 0 bridgehead atoms. The average molecular weight is 432 g/mol. The lowest BCUT2D eigenvalue weighted by atomic mass is 10.1. The molecule has 0 heterocycles. The monoisotopic (exact) mass is 430 g/mol. The van der Waals surface area contributed by atoms with Crippen LogP contribution in [0.15, 0.2) is 0 Å². The molecule has 0 aromatic carbocycles. The first-order valence-corrected chi connectivity index (χ1v) is 8.55. The Morgan fingerprint density at radius 3 is 1.62 bits per heavy atom. The van der Waals surface area contributed by atoms with E-state index in [1.54, 1.807) is 0 Å². The number of nitrogens with one attached hydrogen (secondary N) is 2. The van der Waals surface area contributed by atoms with Gasteiger partial charge < -0.3 is 16.4 Å². The van der Waals surface area contributed by atoms with Crippen LogP contribution in [0.25, 0.3) is 0 Å². The summed E-state index contributed by atoms with van der Waals surface area (Å²) in [6.45, 7) is 6.63. The smallest absolute Gasteiger partial charge is 0.0571 e. The number of nitrogens with zero attached hydrogens (tertiary/aromatic N) is 1. The van der Waals surface area contributed by atoms with Crippen LogP contribution in [0.5, 0.6) is 0 Å². The van der Waals surface area contributed by atoms with Crippen molar-refractivity contribution in [3.8, 4) is 0 Å². The molecule has 8 heteroatoms. The summed E-state index contributed by atoms with van der Waals surface area (Å²) in [6, 6.07) is 0. The van der Waals surface area contributed by atoms with E-state index in [-0.39, 0.29) is 55.8 Å². The fraction of sp³-hybridized carbons (Fsp3) is 1.00. The van der Waals surface area contributed by atoms with Gasteiger partial charge in [-0.2, -0.15) is 0 Å². The zero-order chi connectivity index (χ0) is 15.1. The first-order valence-electron chi connectivity index (χ1n) is 8.55. The molecule has 0 aromatic rings. The molecule has 0 saturated heterocycles. The Morgan fingerprint density at radius 2 is 1.21 bits per heavy atom. The fourth-order valence-corrected chi connectivity index (χ4v) is 2.50. The quantitative estimate of drug-likeness (QED) is 0.272. The van der Waals surface area contributed by atoms with Crippen molar-refractivity contribution in [2.24, 2.45) is 5.73 Å². The highest BCUT2D eigenvalue weighted by Gasteiger charge is 2.12. The second-order valence-corrected chi connectivity index (χ2v) is 5.72. The second-order valence-electron chi connectivity index (χ2n) is 5.72. The Morgan fingerprint density at radius 1 is 0.750 bits per heavy atom. The summed E-state index contributed by atoms with van der Waals surface area (Å²) in [5.41, 5.74) is 6.38. The summed E-state index contributed by atoms with van der Waals surface area (Å²) in [5, 5.41) is 6.43. The number of hydrogen-bond acceptors (Lipinski definition) is 4. The van der Waals surface area contributed by atoms with E-state index in [9.17, 15) is 0 Å². The molecule has 0 spiro atoms. The van der Waals surface area contributed by atoms with Gasteiger partial charge in [0.2, 0.25) is 0 Å². The first kappa shape index (κ1) is 36.0. The Kier molecular flexibility index (Phi) is 43.2. The Bertz CT molecular complexity index is 193. The fourth-order valence-electron chi connectivity index (χ4n) is 2.50. The van der Waals surface area contributed by atoms with Gasteiger partial charge in [0.05, 0.1) is 6.17 Å². The molecule has 0 radical (unpaired) electrons. The van der Waals surface area contributed by atoms with Crippen LogP contribution < -0.4 is 16.4 Å². The number of unbranched alkanes of at least 4 members (excludes halogenated alkanes) is 4. The summed E-state index contributed by atoms with van der Waals surface area (Å²) in [5.74, 6) is 0. The molecule has 0 rings (SSSR count). The maximum Gasteiger partial charge on any atom is 0.0571 e. The van der Waals surface area contributed by atoms with Crippen LogP contribution in [0.2, 0.25) is 0 Å². The van der Waals surface area contributed by atoms with Gasteiger partial charge in [0.15, 0.2) is 0 Å². The minimum Gasteiger partial charge on any atom is -0.320 e. The van der Waals surface area contributed by atoms with Crippen molar-refractivity contribution in [1.82, 2.24) is 15.5 Å². The third-order valence-corrected chi connectivity index (χ3v) is 3.82. The second kappa shape index (κ2) is 28.8. The highest BCUT2D eigenvalue weighted by molar-refractivity contribution is 5.86. The number of hydrogen-bond donors (Lipinski definition) is 3. The van der Waals surface area contributed by atoms with Crippen molar-refractivity contribution in [3.05, 3.63) is 0 Å². The highest BCUT2D eigenvalue weighted by Crippen LogP contribution is 2.09. The van der Waals surface area contributed by atoms with E-state index >= 15 is 0 Å². The summed E-state index contributed by atoms with van der Waals surface area (Å²) >= 11 is 0. The average Bonchev–Trinajstić information content (AvgIpc) is 2.45. The van der Waals surface area contributed by atoms with E-state index in [2.05, 4.69) is 22.5 Å². The molecule has 4 nitrogen and oxygen atoms in total. The topological polar surface area (TPSA) is 53.3 Å². The minimum absolute atomic E-state index is 0.